The lowest BCUT2D eigenvalue weighted by Crippen LogP contribution is -2.38. The van der Waals surface area contributed by atoms with Gasteiger partial charge in [-0.15, -0.1) is 10.2 Å². The van der Waals surface area contributed by atoms with Gasteiger partial charge in [-0.1, -0.05) is 30.3 Å². The molecule has 6 nitrogen and oxygen atoms in total. The van der Waals surface area contributed by atoms with Gasteiger partial charge in [0.05, 0.1) is 12.1 Å². The summed E-state index contributed by atoms with van der Waals surface area (Å²) in [6.45, 7) is 1.79. The van der Waals surface area contributed by atoms with Crippen molar-refractivity contribution in [1.82, 2.24) is 19.9 Å². The quantitative estimate of drug-likeness (QED) is 0.762. The van der Waals surface area contributed by atoms with E-state index in [2.05, 4.69) is 15.5 Å². The standard InChI is InChI=1S/C16H16N4O2/c1-16(22,13-5-3-2-4-6-13)10-17-15(21)12-7-8-14-19-18-11-20(14)9-12/h2-9,11,22H,10H2,1H3,(H,17,21). The lowest BCUT2D eigenvalue weighted by atomic mass is 9.96. The van der Waals surface area contributed by atoms with E-state index < -0.39 is 5.60 Å². The first kappa shape index (κ1) is 14.2. The highest BCUT2D eigenvalue weighted by atomic mass is 16.3. The van der Waals surface area contributed by atoms with Gasteiger partial charge in [-0.05, 0) is 24.6 Å². The highest BCUT2D eigenvalue weighted by molar-refractivity contribution is 5.94. The van der Waals surface area contributed by atoms with Crippen LogP contribution >= 0.6 is 0 Å². The first-order valence-corrected chi connectivity index (χ1v) is 6.92. The fourth-order valence-electron chi connectivity index (χ4n) is 2.22. The van der Waals surface area contributed by atoms with Crippen LogP contribution < -0.4 is 5.32 Å². The van der Waals surface area contributed by atoms with E-state index in [1.807, 2.05) is 30.3 Å². The molecule has 1 atom stereocenters. The van der Waals surface area contributed by atoms with Crippen molar-refractivity contribution in [2.24, 2.45) is 0 Å². The van der Waals surface area contributed by atoms with Crippen molar-refractivity contribution in [2.75, 3.05) is 6.54 Å². The van der Waals surface area contributed by atoms with E-state index in [9.17, 15) is 9.90 Å². The molecule has 112 valence electrons. The number of pyridine rings is 1. The third kappa shape index (κ3) is 2.82. The summed E-state index contributed by atoms with van der Waals surface area (Å²) in [6.07, 6.45) is 3.19. The van der Waals surface area contributed by atoms with Gasteiger partial charge < -0.3 is 10.4 Å². The number of benzene rings is 1. The molecule has 0 aliphatic carbocycles. The third-order valence-corrected chi connectivity index (χ3v) is 3.54. The smallest absolute Gasteiger partial charge is 0.252 e. The van der Waals surface area contributed by atoms with Crippen LogP contribution in [0.5, 0.6) is 0 Å². The fourth-order valence-corrected chi connectivity index (χ4v) is 2.22. The molecular weight excluding hydrogens is 280 g/mol. The molecule has 0 radical (unpaired) electrons. The molecule has 0 fully saturated rings. The molecule has 2 N–H and O–H groups in total. The van der Waals surface area contributed by atoms with Crippen molar-refractivity contribution in [3.05, 3.63) is 66.1 Å². The Morgan fingerprint density at radius 1 is 1.27 bits per heavy atom. The van der Waals surface area contributed by atoms with E-state index in [-0.39, 0.29) is 12.5 Å². The molecule has 1 unspecified atom stereocenters. The maximum Gasteiger partial charge on any atom is 0.252 e. The Balaban J connectivity index is 1.71. The number of nitrogens with zero attached hydrogens (tertiary/aromatic N) is 3. The molecule has 2 aromatic heterocycles. The van der Waals surface area contributed by atoms with Crippen molar-refractivity contribution in [1.29, 1.82) is 0 Å². The summed E-state index contributed by atoms with van der Waals surface area (Å²) in [5.74, 6) is -0.258. The molecule has 6 heteroatoms. The molecular formula is C16H16N4O2. The van der Waals surface area contributed by atoms with Crippen LogP contribution in [0.1, 0.15) is 22.8 Å². The van der Waals surface area contributed by atoms with Gasteiger partial charge in [-0.2, -0.15) is 0 Å². The maximum absolute atomic E-state index is 12.2. The van der Waals surface area contributed by atoms with E-state index in [1.165, 1.54) is 6.33 Å². The highest BCUT2D eigenvalue weighted by Crippen LogP contribution is 2.19. The monoisotopic (exact) mass is 296 g/mol. The number of nitrogens with one attached hydrogen (secondary N) is 1. The zero-order valence-corrected chi connectivity index (χ0v) is 12.1. The van der Waals surface area contributed by atoms with Crippen LogP contribution in [0.3, 0.4) is 0 Å². The largest absolute Gasteiger partial charge is 0.384 e. The minimum absolute atomic E-state index is 0.121. The summed E-state index contributed by atoms with van der Waals surface area (Å²) in [4.78, 5) is 12.2. The van der Waals surface area contributed by atoms with Gasteiger partial charge in [-0.3, -0.25) is 9.20 Å². The summed E-state index contributed by atoms with van der Waals surface area (Å²) in [5.41, 5.74) is 0.783. The Bertz CT molecular complexity index is 796. The average molecular weight is 296 g/mol. The predicted molar refractivity (Wildman–Crippen MR) is 81.3 cm³/mol. The average Bonchev–Trinajstić information content (AvgIpc) is 3.01. The van der Waals surface area contributed by atoms with E-state index in [0.29, 0.717) is 11.2 Å². The summed E-state index contributed by atoms with van der Waals surface area (Å²) < 4.78 is 1.67. The summed E-state index contributed by atoms with van der Waals surface area (Å²) in [5, 5.41) is 20.9. The van der Waals surface area contributed by atoms with Gasteiger partial charge >= 0.3 is 0 Å². The van der Waals surface area contributed by atoms with Crippen LogP contribution in [0.4, 0.5) is 0 Å². The van der Waals surface area contributed by atoms with Crippen molar-refractivity contribution < 1.29 is 9.90 Å². The number of aliphatic hydroxyl groups is 1. The zero-order valence-electron chi connectivity index (χ0n) is 12.1. The Morgan fingerprint density at radius 3 is 2.82 bits per heavy atom. The van der Waals surface area contributed by atoms with Crippen LogP contribution in [-0.2, 0) is 5.60 Å². The van der Waals surface area contributed by atoms with Crippen LogP contribution in [-0.4, -0.2) is 32.2 Å². The normalized spacial score (nSPS) is 13.7. The molecule has 0 saturated carbocycles. The molecule has 0 aliphatic rings. The highest BCUT2D eigenvalue weighted by Gasteiger charge is 2.23. The molecule has 2 heterocycles. The molecule has 0 aliphatic heterocycles. The second kappa shape index (κ2) is 5.57. The number of aromatic nitrogens is 3. The molecule has 3 aromatic rings. The zero-order chi connectivity index (χ0) is 15.6. The minimum atomic E-state index is -1.13. The van der Waals surface area contributed by atoms with E-state index in [4.69, 9.17) is 0 Å². The Morgan fingerprint density at radius 2 is 2.05 bits per heavy atom. The number of hydrogen-bond acceptors (Lipinski definition) is 4. The van der Waals surface area contributed by atoms with Crippen LogP contribution in [0.15, 0.2) is 55.0 Å². The summed E-state index contributed by atoms with van der Waals surface area (Å²) >= 11 is 0. The van der Waals surface area contributed by atoms with Gasteiger partial charge in [0.1, 0.15) is 11.9 Å². The SMILES string of the molecule is CC(O)(CNC(=O)c1ccc2nncn2c1)c1ccccc1. The topological polar surface area (TPSA) is 79.5 Å². The van der Waals surface area contributed by atoms with Crippen molar-refractivity contribution >= 4 is 11.6 Å². The van der Waals surface area contributed by atoms with Crippen molar-refractivity contribution in [3.8, 4) is 0 Å². The molecule has 1 aromatic carbocycles. The third-order valence-electron chi connectivity index (χ3n) is 3.54. The molecule has 1 amide bonds. The number of carbonyl (C=O) groups is 1. The molecule has 3 rings (SSSR count). The van der Waals surface area contributed by atoms with Gasteiger partial charge in [0.25, 0.3) is 5.91 Å². The predicted octanol–water partition coefficient (Wildman–Crippen LogP) is 1.37. The molecule has 0 bridgehead atoms. The fraction of sp³-hybridized carbons (Fsp3) is 0.188. The van der Waals surface area contributed by atoms with Crippen molar-refractivity contribution in [3.63, 3.8) is 0 Å². The summed E-state index contributed by atoms with van der Waals surface area (Å²) in [6, 6.07) is 12.6. The Labute approximate surface area is 127 Å². The van der Waals surface area contributed by atoms with Crippen molar-refractivity contribution in [2.45, 2.75) is 12.5 Å². The first-order valence-electron chi connectivity index (χ1n) is 6.92. The number of amides is 1. The van der Waals surface area contributed by atoms with E-state index in [0.717, 1.165) is 5.56 Å². The number of hydrogen-bond donors (Lipinski definition) is 2. The van der Waals surface area contributed by atoms with Crippen LogP contribution in [0.2, 0.25) is 0 Å². The maximum atomic E-state index is 12.2. The van der Waals surface area contributed by atoms with Crippen LogP contribution in [0, 0.1) is 0 Å². The first-order chi connectivity index (χ1) is 10.6. The Kier molecular flexibility index (Phi) is 3.60. The van der Waals surface area contributed by atoms with Gasteiger partial charge in [0, 0.05) is 6.20 Å². The lowest BCUT2D eigenvalue weighted by Gasteiger charge is -2.24. The number of rotatable bonds is 4. The van der Waals surface area contributed by atoms with Gasteiger partial charge in [-0.25, -0.2) is 0 Å². The second-order valence-electron chi connectivity index (χ2n) is 5.34. The van der Waals surface area contributed by atoms with Gasteiger partial charge in [0.2, 0.25) is 0 Å². The Hall–Kier alpha value is -2.73. The lowest BCUT2D eigenvalue weighted by molar-refractivity contribution is 0.0526. The van der Waals surface area contributed by atoms with E-state index in [1.54, 1.807) is 29.7 Å². The van der Waals surface area contributed by atoms with Gasteiger partial charge in [0.15, 0.2) is 5.65 Å². The minimum Gasteiger partial charge on any atom is -0.384 e. The second-order valence-corrected chi connectivity index (χ2v) is 5.34. The summed E-state index contributed by atoms with van der Waals surface area (Å²) in [7, 11) is 0. The molecule has 0 saturated heterocycles. The van der Waals surface area contributed by atoms with E-state index >= 15 is 0 Å². The number of fused-ring (bicyclic) bond motifs is 1. The molecule has 22 heavy (non-hydrogen) atoms. The molecule has 0 spiro atoms. The van der Waals surface area contributed by atoms with Crippen LogP contribution in [0.25, 0.3) is 5.65 Å². The number of carbonyl (C=O) groups excluding carboxylic acids is 1.